The van der Waals surface area contributed by atoms with Gasteiger partial charge in [-0.15, -0.1) is 0 Å². The van der Waals surface area contributed by atoms with Crippen molar-refractivity contribution in [1.82, 2.24) is 9.88 Å². The summed E-state index contributed by atoms with van der Waals surface area (Å²) in [6.07, 6.45) is 0.213. The van der Waals surface area contributed by atoms with Gasteiger partial charge < -0.3 is 4.98 Å². The lowest BCUT2D eigenvalue weighted by molar-refractivity contribution is -0.123. The molecule has 1 N–H and O–H groups in total. The highest BCUT2D eigenvalue weighted by Crippen LogP contribution is 2.40. The van der Waals surface area contributed by atoms with Crippen LogP contribution in [0.2, 0.25) is 0 Å². The molecule has 0 saturated carbocycles. The number of benzene rings is 3. The SMILES string of the molecule is O=C1CC(N2Cc3[nH]c4ccccc4c3C(c3ccccc3)C2)C(=O)N1c1ccccc1. The number of hydrogen-bond donors (Lipinski definition) is 1. The Hall–Kier alpha value is -3.70. The van der Waals surface area contributed by atoms with Gasteiger partial charge in [-0.25, -0.2) is 4.90 Å². The lowest BCUT2D eigenvalue weighted by Gasteiger charge is -2.36. The Morgan fingerprint density at radius 2 is 1.50 bits per heavy atom. The minimum Gasteiger partial charge on any atom is -0.357 e. The van der Waals surface area contributed by atoms with Crippen molar-refractivity contribution >= 4 is 28.4 Å². The molecule has 2 amide bonds. The summed E-state index contributed by atoms with van der Waals surface area (Å²) in [7, 11) is 0. The largest absolute Gasteiger partial charge is 0.357 e. The van der Waals surface area contributed by atoms with Crippen molar-refractivity contribution < 1.29 is 9.59 Å². The fourth-order valence-corrected chi connectivity index (χ4v) is 5.28. The third-order valence-corrected chi connectivity index (χ3v) is 6.73. The molecule has 32 heavy (non-hydrogen) atoms. The van der Waals surface area contributed by atoms with E-state index in [0.29, 0.717) is 18.8 Å². The Morgan fingerprint density at radius 3 is 2.28 bits per heavy atom. The molecule has 3 aromatic carbocycles. The average Bonchev–Trinajstić information content (AvgIpc) is 3.36. The van der Waals surface area contributed by atoms with E-state index in [2.05, 4.69) is 52.3 Å². The van der Waals surface area contributed by atoms with Gasteiger partial charge >= 0.3 is 0 Å². The fraction of sp³-hybridized carbons (Fsp3) is 0.185. The molecule has 2 aliphatic heterocycles. The van der Waals surface area contributed by atoms with E-state index in [1.54, 1.807) is 0 Å². The van der Waals surface area contributed by atoms with Gasteiger partial charge in [-0.1, -0.05) is 66.7 Å². The van der Waals surface area contributed by atoms with Gasteiger partial charge in [0.1, 0.15) is 0 Å². The quantitative estimate of drug-likeness (QED) is 0.498. The first-order chi connectivity index (χ1) is 15.7. The van der Waals surface area contributed by atoms with Crippen LogP contribution in [0.5, 0.6) is 0 Å². The van der Waals surface area contributed by atoms with E-state index >= 15 is 0 Å². The molecule has 1 fully saturated rings. The van der Waals surface area contributed by atoms with Crippen LogP contribution in [-0.4, -0.2) is 34.3 Å². The lowest BCUT2D eigenvalue weighted by atomic mass is 9.85. The van der Waals surface area contributed by atoms with Crippen LogP contribution in [0.3, 0.4) is 0 Å². The molecular weight excluding hydrogens is 398 g/mol. The number of aromatic nitrogens is 1. The van der Waals surface area contributed by atoms with Crippen LogP contribution in [0.25, 0.3) is 10.9 Å². The number of anilines is 1. The summed E-state index contributed by atoms with van der Waals surface area (Å²) in [5, 5.41) is 1.23. The van der Waals surface area contributed by atoms with Gasteiger partial charge in [0.15, 0.2) is 0 Å². The second-order valence-corrected chi connectivity index (χ2v) is 8.58. The molecule has 2 atom stereocenters. The number of hydrogen-bond acceptors (Lipinski definition) is 3. The highest BCUT2D eigenvalue weighted by molar-refractivity contribution is 6.22. The van der Waals surface area contributed by atoms with Crippen LogP contribution < -0.4 is 4.90 Å². The molecule has 1 aromatic heterocycles. The summed E-state index contributed by atoms with van der Waals surface area (Å²) in [6, 6.07) is 27.6. The second kappa shape index (κ2) is 7.46. The summed E-state index contributed by atoms with van der Waals surface area (Å²) in [5.74, 6) is -0.137. The zero-order valence-corrected chi connectivity index (χ0v) is 17.6. The molecule has 2 aliphatic rings. The molecular formula is C27H23N3O2. The molecule has 0 bridgehead atoms. The monoisotopic (exact) mass is 421 g/mol. The number of carbonyl (C=O) groups is 2. The predicted octanol–water partition coefficient (Wildman–Crippen LogP) is 4.45. The van der Waals surface area contributed by atoms with Crippen molar-refractivity contribution in [2.24, 2.45) is 0 Å². The Bertz CT molecular complexity index is 1310. The number of imide groups is 1. The zero-order valence-electron chi connectivity index (χ0n) is 17.6. The number of fused-ring (bicyclic) bond motifs is 3. The number of aromatic amines is 1. The first kappa shape index (κ1) is 19.0. The number of carbonyl (C=O) groups excluding carboxylic acids is 2. The van der Waals surface area contributed by atoms with Crippen molar-refractivity contribution in [3.63, 3.8) is 0 Å². The van der Waals surface area contributed by atoms with E-state index < -0.39 is 6.04 Å². The molecule has 158 valence electrons. The molecule has 3 heterocycles. The van der Waals surface area contributed by atoms with E-state index in [4.69, 9.17) is 0 Å². The molecule has 5 heteroatoms. The molecule has 1 saturated heterocycles. The Kier molecular flexibility index (Phi) is 4.44. The molecule has 0 aliphatic carbocycles. The molecule has 6 rings (SSSR count). The average molecular weight is 422 g/mol. The first-order valence-corrected chi connectivity index (χ1v) is 11.0. The number of nitrogens with zero attached hydrogens (tertiary/aromatic N) is 2. The molecule has 5 nitrogen and oxygen atoms in total. The first-order valence-electron chi connectivity index (χ1n) is 11.0. The third kappa shape index (κ3) is 2.97. The van der Waals surface area contributed by atoms with Crippen molar-refractivity contribution in [3.05, 3.63) is 102 Å². The molecule has 4 aromatic rings. The van der Waals surface area contributed by atoms with Crippen LogP contribution >= 0.6 is 0 Å². The van der Waals surface area contributed by atoms with E-state index in [1.165, 1.54) is 21.4 Å². The third-order valence-electron chi connectivity index (χ3n) is 6.73. The topological polar surface area (TPSA) is 56.4 Å². The normalized spacial score (nSPS) is 21.3. The van der Waals surface area contributed by atoms with Crippen molar-refractivity contribution in [1.29, 1.82) is 0 Å². The number of amides is 2. The highest BCUT2D eigenvalue weighted by atomic mass is 16.2. The van der Waals surface area contributed by atoms with Gasteiger partial charge in [0.05, 0.1) is 18.2 Å². The van der Waals surface area contributed by atoms with E-state index in [9.17, 15) is 9.59 Å². The smallest absolute Gasteiger partial charge is 0.251 e. The number of H-pyrrole nitrogens is 1. The number of para-hydroxylation sites is 2. The van der Waals surface area contributed by atoms with E-state index in [1.807, 2.05) is 42.5 Å². The summed E-state index contributed by atoms with van der Waals surface area (Å²) < 4.78 is 0. The summed E-state index contributed by atoms with van der Waals surface area (Å²) in [4.78, 5) is 33.4. The van der Waals surface area contributed by atoms with Gasteiger partial charge in [0.25, 0.3) is 5.91 Å². The molecule has 0 radical (unpaired) electrons. The maximum Gasteiger partial charge on any atom is 0.251 e. The van der Waals surface area contributed by atoms with Crippen LogP contribution in [0.4, 0.5) is 5.69 Å². The lowest BCUT2D eigenvalue weighted by Crippen LogP contribution is -2.45. The highest BCUT2D eigenvalue weighted by Gasteiger charge is 2.45. The maximum absolute atomic E-state index is 13.4. The molecule has 2 unspecified atom stereocenters. The van der Waals surface area contributed by atoms with Gasteiger partial charge in [-0.3, -0.25) is 14.5 Å². The van der Waals surface area contributed by atoms with E-state index in [-0.39, 0.29) is 24.2 Å². The standard InChI is InChI=1S/C27H23N3O2/c31-25-15-24(27(32)30(25)19-11-5-2-6-12-19)29-16-21(18-9-3-1-4-10-18)26-20-13-7-8-14-22(20)28-23(26)17-29/h1-14,21,24,28H,15-17H2. The van der Waals surface area contributed by atoms with E-state index in [0.717, 1.165) is 11.2 Å². The minimum absolute atomic E-state index is 0.129. The number of rotatable bonds is 3. The summed E-state index contributed by atoms with van der Waals surface area (Å²) >= 11 is 0. The van der Waals surface area contributed by atoms with Gasteiger partial charge in [-0.2, -0.15) is 0 Å². The minimum atomic E-state index is -0.450. The van der Waals surface area contributed by atoms with Crippen LogP contribution in [0, 0.1) is 0 Å². The Morgan fingerprint density at radius 1 is 0.812 bits per heavy atom. The van der Waals surface area contributed by atoms with Crippen molar-refractivity contribution in [2.45, 2.75) is 24.9 Å². The summed E-state index contributed by atoms with van der Waals surface area (Å²) in [6.45, 7) is 1.32. The van der Waals surface area contributed by atoms with Crippen molar-refractivity contribution in [3.8, 4) is 0 Å². The maximum atomic E-state index is 13.4. The van der Waals surface area contributed by atoms with Crippen LogP contribution in [0.15, 0.2) is 84.9 Å². The van der Waals surface area contributed by atoms with Crippen molar-refractivity contribution in [2.75, 3.05) is 11.4 Å². The fourth-order valence-electron chi connectivity index (χ4n) is 5.28. The Labute approximate surface area is 186 Å². The van der Waals surface area contributed by atoms with Crippen LogP contribution in [-0.2, 0) is 16.1 Å². The van der Waals surface area contributed by atoms with Gasteiger partial charge in [-0.05, 0) is 29.3 Å². The van der Waals surface area contributed by atoms with Gasteiger partial charge in [0, 0.05) is 35.6 Å². The Balaban J connectivity index is 1.40. The van der Waals surface area contributed by atoms with Gasteiger partial charge in [0.2, 0.25) is 5.91 Å². The predicted molar refractivity (Wildman–Crippen MR) is 124 cm³/mol. The summed E-state index contributed by atoms with van der Waals surface area (Å²) in [5.41, 5.74) is 5.41. The second-order valence-electron chi connectivity index (χ2n) is 8.58. The zero-order chi connectivity index (χ0) is 21.7. The van der Waals surface area contributed by atoms with Crippen LogP contribution in [0.1, 0.15) is 29.2 Å². The molecule has 0 spiro atoms. The number of nitrogens with one attached hydrogen (secondary N) is 1.